The lowest BCUT2D eigenvalue weighted by Crippen LogP contribution is -2.18. The summed E-state index contributed by atoms with van der Waals surface area (Å²) in [6.07, 6.45) is 2.67. The average molecular weight is 208 g/mol. The van der Waals surface area contributed by atoms with Crippen molar-refractivity contribution in [3.63, 3.8) is 0 Å². The van der Waals surface area contributed by atoms with E-state index in [2.05, 4.69) is 29.7 Å². The maximum atomic E-state index is 5.71. The van der Waals surface area contributed by atoms with E-state index in [-0.39, 0.29) is 0 Å². The van der Waals surface area contributed by atoms with Crippen LogP contribution in [0.2, 0.25) is 0 Å². The topological polar surface area (TPSA) is 29.3 Å². The van der Waals surface area contributed by atoms with Crippen molar-refractivity contribution in [2.45, 2.75) is 24.3 Å². The minimum absolute atomic E-state index is 0.763. The molecule has 0 amide bonds. The summed E-state index contributed by atoms with van der Waals surface area (Å²) in [7, 11) is 0. The maximum absolute atomic E-state index is 5.71. The molecular formula is C11H16N2S. The standard InChI is InChI=1S/C11H16N2S/c12-10-4-3-9(7-11(10)14)8-13-5-1-2-6-13/h3-4,7,14H,1-2,5-6,8,12H2. The molecule has 0 aliphatic carbocycles. The lowest BCUT2D eigenvalue weighted by molar-refractivity contribution is 0.331. The molecule has 76 valence electrons. The van der Waals surface area contributed by atoms with Crippen LogP contribution in [-0.4, -0.2) is 18.0 Å². The fourth-order valence-corrected chi connectivity index (χ4v) is 2.13. The van der Waals surface area contributed by atoms with Crippen molar-refractivity contribution in [3.8, 4) is 0 Å². The van der Waals surface area contributed by atoms with Gasteiger partial charge < -0.3 is 5.73 Å². The number of hydrogen-bond acceptors (Lipinski definition) is 3. The van der Waals surface area contributed by atoms with Crippen LogP contribution in [0.15, 0.2) is 23.1 Å². The van der Waals surface area contributed by atoms with Crippen molar-refractivity contribution < 1.29 is 0 Å². The summed E-state index contributed by atoms with van der Waals surface area (Å²) in [6, 6.07) is 6.10. The van der Waals surface area contributed by atoms with E-state index >= 15 is 0 Å². The molecule has 1 heterocycles. The fourth-order valence-electron chi connectivity index (χ4n) is 1.89. The largest absolute Gasteiger partial charge is 0.398 e. The number of benzene rings is 1. The van der Waals surface area contributed by atoms with Crippen LogP contribution < -0.4 is 5.73 Å². The van der Waals surface area contributed by atoms with Gasteiger partial charge in [-0.2, -0.15) is 0 Å². The van der Waals surface area contributed by atoms with Gasteiger partial charge in [-0.25, -0.2) is 0 Å². The molecule has 1 aliphatic heterocycles. The summed E-state index contributed by atoms with van der Waals surface area (Å²) in [5.41, 5.74) is 7.78. The minimum atomic E-state index is 0.763. The van der Waals surface area contributed by atoms with Gasteiger partial charge in [0.1, 0.15) is 0 Å². The highest BCUT2D eigenvalue weighted by molar-refractivity contribution is 7.80. The Morgan fingerprint density at radius 2 is 2.00 bits per heavy atom. The quantitative estimate of drug-likeness (QED) is 0.576. The molecule has 3 heteroatoms. The monoisotopic (exact) mass is 208 g/mol. The van der Waals surface area contributed by atoms with E-state index in [0.29, 0.717) is 0 Å². The molecule has 2 nitrogen and oxygen atoms in total. The SMILES string of the molecule is Nc1ccc(CN2CCCC2)cc1S. The molecule has 0 spiro atoms. The number of nitrogen functional groups attached to an aromatic ring is 1. The van der Waals surface area contributed by atoms with Gasteiger partial charge in [0.15, 0.2) is 0 Å². The van der Waals surface area contributed by atoms with Gasteiger partial charge in [-0.3, -0.25) is 4.90 Å². The van der Waals surface area contributed by atoms with Crippen LogP contribution in [0.1, 0.15) is 18.4 Å². The molecule has 2 rings (SSSR count). The second kappa shape index (κ2) is 4.24. The van der Waals surface area contributed by atoms with Crippen molar-refractivity contribution in [2.75, 3.05) is 18.8 Å². The molecule has 14 heavy (non-hydrogen) atoms. The molecule has 0 bridgehead atoms. The number of nitrogens with zero attached hydrogens (tertiary/aromatic N) is 1. The van der Waals surface area contributed by atoms with Crippen LogP contribution in [0.5, 0.6) is 0 Å². The molecule has 0 saturated carbocycles. The summed E-state index contributed by atoms with van der Waals surface area (Å²) in [5.74, 6) is 0. The second-order valence-corrected chi connectivity index (χ2v) is 4.36. The third-order valence-electron chi connectivity index (χ3n) is 2.70. The highest BCUT2D eigenvalue weighted by Crippen LogP contribution is 2.20. The Balaban J connectivity index is 2.05. The molecule has 1 saturated heterocycles. The third-order valence-corrected chi connectivity index (χ3v) is 3.09. The van der Waals surface area contributed by atoms with Gasteiger partial charge in [0.2, 0.25) is 0 Å². The van der Waals surface area contributed by atoms with Crippen molar-refractivity contribution in [1.82, 2.24) is 4.90 Å². The summed E-state index contributed by atoms with van der Waals surface area (Å²) in [5, 5.41) is 0. The first-order valence-electron chi connectivity index (χ1n) is 5.05. The molecule has 0 radical (unpaired) electrons. The van der Waals surface area contributed by atoms with Gasteiger partial charge in [-0.1, -0.05) is 6.07 Å². The summed E-state index contributed by atoms with van der Waals surface area (Å²) < 4.78 is 0. The van der Waals surface area contributed by atoms with Crippen LogP contribution in [-0.2, 0) is 6.54 Å². The minimum Gasteiger partial charge on any atom is -0.398 e. The third kappa shape index (κ3) is 2.22. The normalized spacial score (nSPS) is 17.5. The molecule has 2 N–H and O–H groups in total. The molecule has 0 aromatic heterocycles. The molecular weight excluding hydrogens is 192 g/mol. The Bertz CT molecular complexity index is 319. The van der Waals surface area contributed by atoms with E-state index in [9.17, 15) is 0 Å². The second-order valence-electron chi connectivity index (χ2n) is 3.88. The number of thiol groups is 1. The smallest absolute Gasteiger partial charge is 0.0449 e. The van der Waals surface area contributed by atoms with Gasteiger partial charge in [0.25, 0.3) is 0 Å². The van der Waals surface area contributed by atoms with Crippen molar-refractivity contribution in [2.24, 2.45) is 0 Å². The molecule has 0 unspecified atom stereocenters. The molecule has 1 aromatic rings. The Morgan fingerprint density at radius 3 is 2.64 bits per heavy atom. The number of rotatable bonds is 2. The van der Waals surface area contributed by atoms with Crippen LogP contribution in [0, 0.1) is 0 Å². The van der Waals surface area contributed by atoms with E-state index in [1.807, 2.05) is 6.07 Å². The van der Waals surface area contributed by atoms with E-state index < -0.39 is 0 Å². The highest BCUT2D eigenvalue weighted by Gasteiger charge is 2.11. The number of nitrogens with two attached hydrogens (primary N) is 1. The van der Waals surface area contributed by atoms with Crippen molar-refractivity contribution in [3.05, 3.63) is 23.8 Å². The Hall–Kier alpha value is -0.670. The zero-order chi connectivity index (χ0) is 9.97. The summed E-state index contributed by atoms with van der Waals surface area (Å²) >= 11 is 4.32. The molecule has 1 aromatic carbocycles. The zero-order valence-corrected chi connectivity index (χ0v) is 9.13. The first-order valence-corrected chi connectivity index (χ1v) is 5.50. The lowest BCUT2D eigenvalue weighted by atomic mass is 10.2. The van der Waals surface area contributed by atoms with Gasteiger partial charge in [-0.05, 0) is 43.6 Å². The van der Waals surface area contributed by atoms with E-state index in [1.165, 1.54) is 31.5 Å². The molecule has 1 fully saturated rings. The van der Waals surface area contributed by atoms with Crippen LogP contribution >= 0.6 is 12.6 Å². The number of hydrogen-bond donors (Lipinski definition) is 2. The Labute approximate surface area is 90.5 Å². The van der Waals surface area contributed by atoms with Gasteiger partial charge in [0, 0.05) is 17.1 Å². The van der Waals surface area contributed by atoms with E-state index in [4.69, 9.17) is 5.73 Å². The first-order chi connectivity index (χ1) is 6.75. The number of likely N-dealkylation sites (tertiary alicyclic amines) is 1. The maximum Gasteiger partial charge on any atom is 0.0449 e. The van der Waals surface area contributed by atoms with E-state index in [1.54, 1.807) is 0 Å². The van der Waals surface area contributed by atoms with Crippen molar-refractivity contribution in [1.29, 1.82) is 0 Å². The Kier molecular flexibility index (Phi) is 2.99. The average Bonchev–Trinajstić information content (AvgIpc) is 2.64. The Morgan fingerprint density at radius 1 is 1.29 bits per heavy atom. The summed E-state index contributed by atoms with van der Waals surface area (Å²) in [4.78, 5) is 3.36. The van der Waals surface area contributed by atoms with Gasteiger partial charge >= 0.3 is 0 Å². The fraction of sp³-hybridized carbons (Fsp3) is 0.455. The highest BCUT2D eigenvalue weighted by atomic mass is 32.1. The van der Waals surface area contributed by atoms with Crippen LogP contribution in [0.3, 0.4) is 0 Å². The predicted octanol–water partition coefficient (Wildman–Crippen LogP) is 2.15. The lowest BCUT2D eigenvalue weighted by Gasteiger charge is -2.14. The van der Waals surface area contributed by atoms with E-state index in [0.717, 1.165) is 17.1 Å². The molecule has 0 atom stereocenters. The van der Waals surface area contributed by atoms with Gasteiger partial charge in [0.05, 0.1) is 0 Å². The zero-order valence-electron chi connectivity index (χ0n) is 8.24. The van der Waals surface area contributed by atoms with Gasteiger partial charge in [-0.15, -0.1) is 12.6 Å². The predicted molar refractivity (Wildman–Crippen MR) is 62.6 cm³/mol. The van der Waals surface area contributed by atoms with Crippen molar-refractivity contribution >= 4 is 18.3 Å². The summed E-state index contributed by atoms with van der Waals surface area (Å²) in [6.45, 7) is 3.49. The first kappa shape index (κ1) is 9.87. The number of anilines is 1. The van der Waals surface area contributed by atoms with Crippen LogP contribution in [0.25, 0.3) is 0 Å². The van der Waals surface area contributed by atoms with Crippen LogP contribution in [0.4, 0.5) is 5.69 Å². The molecule has 1 aliphatic rings.